The van der Waals surface area contributed by atoms with E-state index in [2.05, 4.69) is 18.9 Å². The second kappa shape index (κ2) is 5.92. The van der Waals surface area contributed by atoms with Gasteiger partial charge in [-0.2, -0.15) is 5.10 Å². The van der Waals surface area contributed by atoms with E-state index in [4.69, 9.17) is 23.2 Å². The molecule has 1 aromatic heterocycles. The third kappa shape index (κ3) is 2.92. The van der Waals surface area contributed by atoms with Gasteiger partial charge in [0.1, 0.15) is 0 Å². The van der Waals surface area contributed by atoms with Crippen molar-refractivity contribution in [2.45, 2.75) is 45.4 Å². The first kappa shape index (κ1) is 13.9. The van der Waals surface area contributed by atoms with Crippen LogP contribution in [-0.4, -0.2) is 15.2 Å². The Morgan fingerprint density at radius 1 is 1.38 bits per heavy atom. The molecule has 0 amide bonds. The quantitative estimate of drug-likeness (QED) is 0.738. The summed E-state index contributed by atoms with van der Waals surface area (Å²) >= 11 is 12.5. The molecular weight excluding hydrogens is 243 g/mol. The number of nitrogens with zero attached hydrogens (tertiary/aromatic N) is 2. The molecule has 0 bridgehead atoms. The van der Waals surface area contributed by atoms with Crippen molar-refractivity contribution in [1.82, 2.24) is 9.78 Å². The average Bonchev–Trinajstić information content (AvgIpc) is 2.51. The number of halogens is 2. The molecule has 0 radical (unpaired) electrons. The van der Waals surface area contributed by atoms with Gasteiger partial charge in [0.2, 0.25) is 0 Å². The summed E-state index contributed by atoms with van der Waals surface area (Å²) in [6, 6.07) is 0. The van der Waals surface area contributed by atoms with E-state index >= 15 is 0 Å². The van der Waals surface area contributed by atoms with Crippen molar-refractivity contribution in [2.24, 2.45) is 13.0 Å². The lowest BCUT2D eigenvalue weighted by molar-refractivity contribution is 0.479. The van der Waals surface area contributed by atoms with E-state index in [1.54, 1.807) is 0 Å². The Labute approximate surface area is 108 Å². The molecule has 2 nitrogen and oxygen atoms in total. The van der Waals surface area contributed by atoms with E-state index in [0.29, 0.717) is 5.92 Å². The van der Waals surface area contributed by atoms with Crippen molar-refractivity contribution < 1.29 is 0 Å². The highest BCUT2D eigenvalue weighted by atomic mass is 35.5. The second-order valence-corrected chi connectivity index (χ2v) is 5.30. The summed E-state index contributed by atoms with van der Waals surface area (Å²) in [7, 11) is 1.95. The highest BCUT2D eigenvalue weighted by Gasteiger charge is 2.19. The van der Waals surface area contributed by atoms with E-state index in [1.807, 2.05) is 18.7 Å². The number of hydrogen-bond donors (Lipinski definition) is 0. The van der Waals surface area contributed by atoms with Crippen LogP contribution in [0.4, 0.5) is 0 Å². The number of aryl methyl sites for hydroxylation is 2. The first-order valence-electron chi connectivity index (χ1n) is 5.85. The molecule has 1 aromatic rings. The van der Waals surface area contributed by atoms with Gasteiger partial charge in [-0.1, -0.05) is 31.9 Å². The third-order valence-electron chi connectivity index (χ3n) is 3.13. The van der Waals surface area contributed by atoms with E-state index in [0.717, 1.165) is 35.7 Å². The summed E-state index contributed by atoms with van der Waals surface area (Å²) in [6.45, 7) is 6.27. The molecule has 2 atom stereocenters. The zero-order chi connectivity index (χ0) is 12.3. The topological polar surface area (TPSA) is 17.8 Å². The molecule has 1 heterocycles. The predicted molar refractivity (Wildman–Crippen MR) is 70.4 cm³/mol. The van der Waals surface area contributed by atoms with Gasteiger partial charge in [-0.05, 0) is 25.7 Å². The van der Waals surface area contributed by atoms with Crippen LogP contribution >= 0.6 is 23.2 Å². The van der Waals surface area contributed by atoms with Crippen molar-refractivity contribution in [3.8, 4) is 0 Å². The molecule has 2 unspecified atom stereocenters. The van der Waals surface area contributed by atoms with Crippen molar-refractivity contribution in [2.75, 3.05) is 0 Å². The fourth-order valence-corrected chi connectivity index (χ4v) is 2.56. The first-order valence-corrected chi connectivity index (χ1v) is 6.66. The standard InChI is InChI=1S/C12H20Cl2N2/c1-5-9(8(3)13)7-11-12(14)10(6-2)15-16(11)4/h8-9H,5-7H2,1-4H3. The molecular formula is C12H20Cl2N2. The summed E-state index contributed by atoms with van der Waals surface area (Å²) in [5.41, 5.74) is 2.09. The summed E-state index contributed by atoms with van der Waals surface area (Å²) in [5, 5.41) is 5.40. The number of aromatic nitrogens is 2. The maximum atomic E-state index is 6.31. The molecule has 0 saturated heterocycles. The first-order chi connectivity index (χ1) is 7.51. The van der Waals surface area contributed by atoms with Gasteiger partial charge >= 0.3 is 0 Å². The Morgan fingerprint density at radius 2 is 2.00 bits per heavy atom. The van der Waals surface area contributed by atoms with E-state index < -0.39 is 0 Å². The highest BCUT2D eigenvalue weighted by Crippen LogP contribution is 2.27. The molecule has 0 aromatic carbocycles. The minimum Gasteiger partial charge on any atom is -0.271 e. The smallest absolute Gasteiger partial charge is 0.0849 e. The molecule has 0 aliphatic rings. The third-order valence-corrected chi connectivity index (χ3v) is 3.93. The van der Waals surface area contributed by atoms with E-state index in [9.17, 15) is 0 Å². The fourth-order valence-electron chi connectivity index (χ4n) is 1.92. The maximum Gasteiger partial charge on any atom is 0.0849 e. The lowest BCUT2D eigenvalue weighted by atomic mass is 9.97. The minimum atomic E-state index is 0.168. The normalized spacial score (nSPS) is 15.1. The van der Waals surface area contributed by atoms with Crippen molar-refractivity contribution in [3.63, 3.8) is 0 Å². The van der Waals surface area contributed by atoms with Crippen molar-refractivity contribution >= 4 is 23.2 Å². The molecule has 1 rings (SSSR count). The molecule has 0 N–H and O–H groups in total. The number of alkyl halides is 1. The van der Waals surface area contributed by atoms with Crippen LogP contribution in [0.5, 0.6) is 0 Å². The molecule has 92 valence electrons. The average molecular weight is 263 g/mol. The zero-order valence-corrected chi connectivity index (χ0v) is 11.9. The molecule has 16 heavy (non-hydrogen) atoms. The Hall–Kier alpha value is -0.210. The van der Waals surface area contributed by atoms with Gasteiger partial charge in [-0.15, -0.1) is 11.6 Å². The van der Waals surface area contributed by atoms with E-state index in [-0.39, 0.29) is 5.38 Å². The summed E-state index contributed by atoms with van der Waals surface area (Å²) in [5.74, 6) is 0.458. The predicted octanol–water partition coefficient (Wildman–Crippen LogP) is 3.83. The minimum absolute atomic E-state index is 0.168. The fraction of sp³-hybridized carbons (Fsp3) is 0.750. The van der Waals surface area contributed by atoms with Gasteiger partial charge in [-0.25, -0.2) is 0 Å². The van der Waals surface area contributed by atoms with Gasteiger partial charge in [0.05, 0.1) is 16.4 Å². The zero-order valence-electron chi connectivity index (χ0n) is 10.4. The van der Waals surface area contributed by atoms with Crippen LogP contribution in [-0.2, 0) is 19.9 Å². The Balaban J connectivity index is 2.91. The summed E-state index contributed by atoms with van der Waals surface area (Å²) in [6.07, 6.45) is 2.84. The lowest BCUT2D eigenvalue weighted by Gasteiger charge is -2.17. The number of hydrogen-bond acceptors (Lipinski definition) is 1. The Morgan fingerprint density at radius 3 is 2.38 bits per heavy atom. The Kier molecular flexibility index (Phi) is 5.13. The maximum absolute atomic E-state index is 6.31. The van der Waals surface area contributed by atoms with Crippen LogP contribution in [0.2, 0.25) is 5.02 Å². The van der Waals surface area contributed by atoms with Gasteiger partial charge in [0, 0.05) is 12.4 Å². The van der Waals surface area contributed by atoms with Gasteiger partial charge in [0.25, 0.3) is 0 Å². The molecule has 0 fully saturated rings. The van der Waals surface area contributed by atoms with Gasteiger partial charge in [-0.3, -0.25) is 4.68 Å². The van der Waals surface area contributed by atoms with Crippen molar-refractivity contribution in [3.05, 3.63) is 16.4 Å². The molecule has 0 aliphatic heterocycles. The van der Waals surface area contributed by atoms with Crippen LogP contribution in [0.15, 0.2) is 0 Å². The monoisotopic (exact) mass is 262 g/mol. The SMILES string of the molecule is CCc1nn(C)c(CC(CC)C(C)Cl)c1Cl. The van der Waals surface area contributed by atoms with Crippen LogP contribution in [0.3, 0.4) is 0 Å². The van der Waals surface area contributed by atoms with Crippen LogP contribution in [0, 0.1) is 5.92 Å². The summed E-state index contributed by atoms with van der Waals surface area (Å²) < 4.78 is 1.89. The Bertz CT molecular complexity index is 345. The molecule has 0 spiro atoms. The molecule has 0 saturated carbocycles. The van der Waals surface area contributed by atoms with Gasteiger partial charge in [0.15, 0.2) is 0 Å². The summed E-state index contributed by atoms with van der Waals surface area (Å²) in [4.78, 5) is 0. The van der Waals surface area contributed by atoms with E-state index in [1.165, 1.54) is 0 Å². The largest absolute Gasteiger partial charge is 0.271 e. The van der Waals surface area contributed by atoms with Crippen molar-refractivity contribution in [1.29, 1.82) is 0 Å². The van der Waals surface area contributed by atoms with Crippen LogP contribution in [0.25, 0.3) is 0 Å². The highest BCUT2D eigenvalue weighted by molar-refractivity contribution is 6.31. The molecule has 0 aliphatic carbocycles. The molecule has 4 heteroatoms. The van der Waals surface area contributed by atoms with Crippen LogP contribution in [0.1, 0.15) is 38.6 Å². The number of rotatable bonds is 5. The van der Waals surface area contributed by atoms with Crippen LogP contribution < -0.4 is 0 Å². The lowest BCUT2D eigenvalue weighted by Crippen LogP contribution is -2.15. The second-order valence-electron chi connectivity index (χ2n) is 4.23. The van der Waals surface area contributed by atoms with Gasteiger partial charge < -0.3 is 0 Å².